The molecule has 120 valence electrons. The first-order valence-electron chi connectivity index (χ1n) is 7.90. The Morgan fingerprint density at radius 1 is 1.18 bits per heavy atom. The first-order valence-corrected chi connectivity index (χ1v) is 7.90. The summed E-state index contributed by atoms with van der Waals surface area (Å²) < 4.78 is 5.03. The molecule has 1 unspecified atom stereocenters. The number of hydrogen-bond donors (Lipinski definition) is 1. The summed E-state index contributed by atoms with van der Waals surface area (Å²) in [6.07, 6.45) is 4.84. The summed E-state index contributed by atoms with van der Waals surface area (Å²) in [6, 6.07) is 1.44. The molecule has 0 aromatic carbocycles. The summed E-state index contributed by atoms with van der Waals surface area (Å²) in [5.74, 6) is 0.644. The number of furan rings is 1. The summed E-state index contributed by atoms with van der Waals surface area (Å²) in [5.41, 5.74) is 5.56. The Morgan fingerprint density at radius 2 is 1.86 bits per heavy atom. The van der Waals surface area contributed by atoms with Crippen molar-refractivity contribution >= 4 is 11.8 Å². The van der Waals surface area contributed by atoms with Crippen LogP contribution in [0.5, 0.6) is 0 Å². The lowest BCUT2D eigenvalue weighted by Crippen LogP contribution is -2.35. The van der Waals surface area contributed by atoms with E-state index < -0.39 is 5.91 Å². The molecule has 1 aromatic heterocycles. The van der Waals surface area contributed by atoms with Gasteiger partial charge in [0.05, 0.1) is 5.56 Å². The van der Waals surface area contributed by atoms with Crippen LogP contribution in [-0.4, -0.2) is 54.8 Å². The van der Waals surface area contributed by atoms with E-state index in [1.165, 1.54) is 25.2 Å². The van der Waals surface area contributed by atoms with Crippen LogP contribution in [0.25, 0.3) is 0 Å². The lowest BCUT2D eigenvalue weighted by Gasteiger charge is -2.32. The van der Waals surface area contributed by atoms with E-state index in [0.717, 1.165) is 38.5 Å². The lowest BCUT2D eigenvalue weighted by atomic mass is 9.84. The highest BCUT2D eigenvalue weighted by Crippen LogP contribution is 2.32. The third-order valence-electron chi connectivity index (χ3n) is 5.03. The third-order valence-corrected chi connectivity index (χ3v) is 5.03. The molecule has 6 heteroatoms. The summed E-state index contributed by atoms with van der Waals surface area (Å²) in [7, 11) is 2.16. The summed E-state index contributed by atoms with van der Waals surface area (Å²) in [6.45, 7) is 3.90. The number of piperidine rings is 1. The molecule has 3 rings (SSSR count). The number of amides is 2. The van der Waals surface area contributed by atoms with Gasteiger partial charge in [0.1, 0.15) is 6.26 Å². The zero-order chi connectivity index (χ0) is 15.7. The smallest absolute Gasteiger partial charge is 0.284 e. The second-order valence-corrected chi connectivity index (χ2v) is 6.50. The molecule has 2 aliphatic rings. The van der Waals surface area contributed by atoms with Crippen molar-refractivity contribution in [2.45, 2.75) is 19.3 Å². The Hall–Kier alpha value is -1.82. The summed E-state index contributed by atoms with van der Waals surface area (Å²) in [5, 5.41) is 0. The maximum Gasteiger partial charge on any atom is 0.284 e. The van der Waals surface area contributed by atoms with Crippen LogP contribution >= 0.6 is 0 Å². The molecule has 0 bridgehead atoms. The van der Waals surface area contributed by atoms with Crippen LogP contribution in [0.3, 0.4) is 0 Å². The van der Waals surface area contributed by atoms with Crippen LogP contribution in [0.15, 0.2) is 16.7 Å². The molecular formula is C16H23N3O3. The zero-order valence-corrected chi connectivity index (χ0v) is 13.0. The van der Waals surface area contributed by atoms with E-state index in [9.17, 15) is 9.59 Å². The second-order valence-electron chi connectivity index (χ2n) is 6.50. The largest absolute Gasteiger partial charge is 0.458 e. The molecule has 0 saturated carbocycles. The predicted octanol–water partition coefficient (Wildman–Crippen LogP) is 1.18. The van der Waals surface area contributed by atoms with Gasteiger partial charge in [-0.1, -0.05) is 0 Å². The van der Waals surface area contributed by atoms with E-state index in [1.54, 1.807) is 0 Å². The molecule has 1 atom stereocenters. The monoisotopic (exact) mass is 305 g/mol. The minimum Gasteiger partial charge on any atom is -0.458 e. The molecule has 6 nitrogen and oxygen atoms in total. The Morgan fingerprint density at radius 3 is 2.50 bits per heavy atom. The number of hydrogen-bond acceptors (Lipinski definition) is 4. The average molecular weight is 305 g/mol. The summed E-state index contributed by atoms with van der Waals surface area (Å²) >= 11 is 0. The van der Waals surface area contributed by atoms with Gasteiger partial charge in [0.15, 0.2) is 5.76 Å². The van der Waals surface area contributed by atoms with Crippen molar-refractivity contribution in [3.63, 3.8) is 0 Å². The number of nitrogens with zero attached hydrogens (tertiary/aromatic N) is 2. The normalized spacial score (nSPS) is 23.9. The molecule has 2 fully saturated rings. The SMILES string of the molecule is CN1CCC(C2CCN(C(=O)c3coc(C(N)=O)c3)C2)CC1. The van der Waals surface area contributed by atoms with E-state index in [0.29, 0.717) is 11.5 Å². The maximum absolute atomic E-state index is 12.5. The molecular weight excluding hydrogens is 282 g/mol. The van der Waals surface area contributed by atoms with Gasteiger partial charge in [0, 0.05) is 19.2 Å². The standard InChI is InChI=1S/C16H23N3O3/c1-18-5-2-11(3-6-18)12-4-7-19(9-12)16(21)13-8-14(15(17)20)22-10-13/h8,10-12H,2-7,9H2,1H3,(H2,17,20). The first-order chi connectivity index (χ1) is 10.5. The Bertz CT molecular complexity index is 561. The van der Waals surface area contributed by atoms with E-state index in [2.05, 4.69) is 11.9 Å². The van der Waals surface area contributed by atoms with Gasteiger partial charge < -0.3 is 20.0 Å². The second kappa shape index (κ2) is 6.12. The van der Waals surface area contributed by atoms with Crippen LogP contribution in [0, 0.1) is 11.8 Å². The lowest BCUT2D eigenvalue weighted by molar-refractivity contribution is 0.0775. The molecule has 3 heterocycles. The molecule has 2 aliphatic heterocycles. The molecule has 0 aliphatic carbocycles. The number of carbonyl (C=O) groups excluding carboxylic acids is 2. The van der Waals surface area contributed by atoms with Crippen molar-refractivity contribution in [3.05, 3.63) is 23.7 Å². The van der Waals surface area contributed by atoms with Gasteiger partial charge in [0.25, 0.3) is 11.8 Å². The topological polar surface area (TPSA) is 79.8 Å². The van der Waals surface area contributed by atoms with Crippen molar-refractivity contribution in [2.24, 2.45) is 17.6 Å². The van der Waals surface area contributed by atoms with E-state index in [-0.39, 0.29) is 11.7 Å². The molecule has 2 amide bonds. The highest BCUT2D eigenvalue weighted by Gasteiger charge is 2.33. The Balaban J connectivity index is 1.59. The van der Waals surface area contributed by atoms with Crippen molar-refractivity contribution < 1.29 is 14.0 Å². The third kappa shape index (κ3) is 3.02. The minimum atomic E-state index is -0.648. The Labute approximate surface area is 130 Å². The minimum absolute atomic E-state index is 0.0365. The first kappa shape index (κ1) is 15.1. The van der Waals surface area contributed by atoms with Gasteiger partial charge >= 0.3 is 0 Å². The quantitative estimate of drug-likeness (QED) is 0.909. The molecule has 0 spiro atoms. The molecule has 1 aromatic rings. The fourth-order valence-electron chi connectivity index (χ4n) is 3.62. The van der Waals surface area contributed by atoms with E-state index in [4.69, 9.17) is 10.2 Å². The van der Waals surface area contributed by atoms with Crippen molar-refractivity contribution in [1.82, 2.24) is 9.80 Å². The predicted molar refractivity (Wildman–Crippen MR) is 81.5 cm³/mol. The zero-order valence-electron chi connectivity index (χ0n) is 13.0. The fraction of sp³-hybridized carbons (Fsp3) is 0.625. The van der Waals surface area contributed by atoms with Gasteiger partial charge in [-0.2, -0.15) is 0 Å². The van der Waals surface area contributed by atoms with Crippen LogP contribution in [0.4, 0.5) is 0 Å². The van der Waals surface area contributed by atoms with Crippen LogP contribution < -0.4 is 5.73 Å². The highest BCUT2D eigenvalue weighted by molar-refractivity contribution is 5.97. The number of primary amides is 1. The maximum atomic E-state index is 12.5. The van der Waals surface area contributed by atoms with Gasteiger partial charge in [-0.3, -0.25) is 9.59 Å². The van der Waals surface area contributed by atoms with Crippen LogP contribution in [0.1, 0.15) is 40.2 Å². The number of likely N-dealkylation sites (tertiary alicyclic amines) is 2. The Kier molecular flexibility index (Phi) is 4.20. The van der Waals surface area contributed by atoms with Gasteiger partial charge in [0.2, 0.25) is 0 Å². The van der Waals surface area contributed by atoms with Crippen molar-refractivity contribution in [3.8, 4) is 0 Å². The summed E-state index contributed by atoms with van der Waals surface area (Å²) in [4.78, 5) is 27.8. The van der Waals surface area contributed by atoms with Crippen molar-refractivity contribution in [2.75, 3.05) is 33.2 Å². The van der Waals surface area contributed by atoms with Crippen molar-refractivity contribution in [1.29, 1.82) is 0 Å². The molecule has 2 saturated heterocycles. The number of carbonyl (C=O) groups is 2. The van der Waals surface area contributed by atoms with E-state index in [1.807, 2.05) is 4.90 Å². The van der Waals surface area contributed by atoms with Crippen LogP contribution in [-0.2, 0) is 0 Å². The van der Waals surface area contributed by atoms with E-state index >= 15 is 0 Å². The van der Waals surface area contributed by atoms with Crippen LogP contribution in [0.2, 0.25) is 0 Å². The van der Waals surface area contributed by atoms with Gasteiger partial charge in [-0.15, -0.1) is 0 Å². The molecule has 22 heavy (non-hydrogen) atoms. The number of rotatable bonds is 3. The molecule has 0 radical (unpaired) electrons. The molecule has 2 N–H and O–H groups in total. The average Bonchev–Trinajstić information content (AvgIpc) is 3.17. The fourth-order valence-corrected chi connectivity index (χ4v) is 3.62. The van der Waals surface area contributed by atoms with Gasteiger partial charge in [-0.25, -0.2) is 0 Å². The van der Waals surface area contributed by atoms with Gasteiger partial charge in [-0.05, 0) is 51.2 Å². The number of nitrogens with two attached hydrogens (primary N) is 1. The highest BCUT2D eigenvalue weighted by atomic mass is 16.3.